The molecule has 4 rings (SSSR count). The van der Waals surface area contributed by atoms with Gasteiger partial charge in [0, 0.05) is 31.6 Å². The van der Waals surface area contributed by atoms with Gasteiger partial charge in [-0.25, -0.2) is 0 Å². The van der Waals surface area contributed by atoms with Gasteiger partial charge in [-0.3, -0.25) is 4.79 Å². The first-order valence-corrected chi connectivity index (χ1v) is 14.4. The number of hydrogen-bond acceptors (Lipinski definition) is 4. The molecule has 34 heavy (non-hydrogen) atoms. The van der Waals surface area contributed by atoms with Crippen molar-refractivity contribution in [1.29, 1.82) is 0 Å². The second-order valence-corrected chi connectivity index (χ2v) is 13.5. The van der Waals surface area contributed by atoms with Crippen molar-refractivity contribution in [2.24, 2.45) is 46.3 Å². The number of carbonyl (C=O) groups is 1. The van der Waals surface area contributed by atoms with Crippen molar-refractivity contribution in [3.63, 3.8) is 0 Å². The van der Waals surface area contributed by atoms with Crippen LogP contribution < -0.4 is 10.6 Å². The zero-order valence-corrected chi connectivity index (χ0v) is 22.5. The molecule has 4 aliphatic rings. The van der Waals surface area contributed by atoms with Gasteiger partial charge in [0.05, 0.1) is 6.10 Å². The van der Waals surface area contributed by atoms with Crippen molar-refractivity contribution in [1.82, 2.24) is 10.6 Å². The van der Waals surface area contributed by atoms with Crippen LogP contribution in [0.1, 0.15) is 98.8 Å². The Morgan fingerprint density at radius 1 is 0.941 bits per heavy atom. The molecule has 0 spiro atoms. The number of nitrogens with one attached hydrogen (secondary N) is 2. The first-order valence-electron chi connectivity index (χ1n) is 14.4. The maximum atomic E-state index is 11.5. The standard InChI is InChI=1S/C29H52N2O3/c1-18(2)30-14-15-31-20-10-12-29(5)24-11-13-28(4)22(19(3)6-9-27(33)34)7-8-23(28)21(24)17-26(32)25(29)16-20/h18-26,30-32H,6-17H2,1-5H3,(H,33,34)/t19-,20?,21?,22-,23?,24?,25-,26-,28-,29-/m1/s1. The Morgan fingerprint density at radius 3 is 2.35 bits per heavy atom. The molecule has 4 unspecified atom stereocenters. The summed E-state index contributed by atoms with van der Waals surface area (Å²) in [5.74, 6) is 2.97. The average Bonchev–Trinajstić information content (AvgIpc) is 3.13. The predicted molar refractivity (Wildman–Crippen MR) is 138 cm³/mol. The minimum atomic E-state index is -0.661. The lowest BCUT2D eigenvalue weighted by Gasteiger charge is -2.62. The van der Waals surface area contributed by atoms with E-state index in [0.29, 0.717) is 53.5 Å². The summed E-state index contributed by atoms with van der Waals surface area (Å²) in [6.07, 6.45) is 10.6. The van der Waals surface area contributed by atoms with E-state index in [9.17, 15) is 15.0 Å². The van der Waals surface area contributed by atoms with Crippen LogP contribution in [0.5, 0.6) is 0 Å². The summed E-state index contributed by atoms with van der Waals surface area (Å²) < 4.78 is 0. The molecule has 0 aromatic heterocycles. The summed E-state index contributed by atoms with van der Waals surface area (Å²) in [6, 6.07) is 1.07. The molecule has 5 heteroatoms. The van der Waals surface area contributed by atoms with E-state index in [-0.39, 0.29) is 11.5 Å². The molecule has 0 heterocycles. The molecule has 196 valence electrons. The fourth-order valence-electron chi connectivity index (χ4n) is 9.65. The molecule has 0 saturated heterocycles. The summed E-state index contributed by atoms with van der Waals surface area (Å²) in [5, 5.41) is 28.0. The van der Waals surface area contributed by atoms with Crippen LogP contribution >= 0.6 is 0 Å². The van der Waals surface area contributed by atoms with Gasteiger partial charge < -0.3 is 20.8 Å². The van der Waals surface area contributed by atoms with Crippen LogP contribution in [0.4, 0.5) is 0 Å². The van der Waals surface area contributed by atoms with Crippen molar-refractivity contribution in [2.75, 3.05) is 13.1 Å². The Bertz CT molecular complexity index is 713. The number of aliphatic carboxylic acids is 1. The fourth-order valence-corrected chi connectivity index (χ4v) is 9.65. The summed E-state index contributed by atoms with van der Waals surface area (Å²) in [6.45, 7) is 13.8. The molecular formula is C29H52N2O3. The molecule has 0 aromatic carbocycles. The molecule has 10 atom stereocenters. The fraction of sp³-hybridized carbons (Fsp3) is 0.966. The Hall–Kier alpha value is -0.650. The van der Waals surface area contributed by atoms with Crippen LogP contribution in [0.2, 0.25) is 0 Å². The number of rotatable bonds is 9. The van der Waals surface area contributed by atoms with E-state index in [2.05, 4.69) is 45.3 Å². The maximum Gasteiger partial charge on any atom is 0.303 e. The molecule has 0 amide bonds. The molecule has 4 saturated carbocycles. The van der Waals surface area contributed by atoms with E-state index in [1.165, 1.54) is 38.5 Å². The number of carboxylic acids is 1. The van der Waals surface area contributed by atoms with Crippen LogP contribution in [-0.2, 0) is 4.79 Å². The van der Waals surface area contributed by atoms with Gasteiger partial charge in [0.2, 0.25) is 0 Å². The third kappa shape index (κ3) is 4.95. The smallest absolute Gasteiger partial charge is 0.303 e. The first-order chi connectivity index (χ1) is 16.1. The van der Waals surface area contributed by atoms with Crippen molar-refractivity contribution in [3.05, 3.63) is 0 Å². The molecule has 0 bridgehead atoms. The molecule has 0 aliphatic heterocycles. The van der Waals surface area contributed by atoms with Crippen LogP contribution in [0, 0.1) is 46.3 Å². The van der Waals surface area contributed by atoms with Gasteiger partial charge >= 0.3 is 5.97 Å². The molecule has 4 N–H and O–H groups in total. The summed E-state index contributed by atoms with van der Waals surface area (Å²) in [7, 11) is 0. The quantitative estimate of drug-likeness (QED) is 0.349. The monoisotopic (exact) mass is 476 g/mol. The van der Waals surface area contributed by atoms with E-state index in [1.54, 1.807) is 0 Å². The number of carboxylic acid groups (broad SMARTS) is 1. The SMILES string of the molecule is CC(C)NCCNC1CC[C@]2(C)C3CC[C@@]4(C)C(CC[C@@H]4[C@H](C)CCC(=O)O)C3C[C@@H](O)[C@H]2C1. The zero-order chi connectivity index (χ0) is 24.7. The van der Waals surface area contributed by atoms with E-state index in [1.807, 2.05) is 0 Å². The highest BCUT2D eigenvalue weighted by Crippen LogP contribution is 2.68. The van der Waals surface area contributed by atoms with Crippen LogP contribution in [-0.4, -0.2) is 47.5 Å². The topological polar surface area (TPSA) is 81.6 Å². The Balaban J connectivity index is 1.41. The zero-order valence-electron chi connectivity index (χ0n) is 22.5. The van der Waals surface area contributed by atoms with Crippen molar-refractivity contribution in [3.8, 4) is 0 Å². The van der Waals surface area contributed by atoms with Gasteiger partial charge in [0.15, 0.2) is 0 Å². The van der Waals surface area contributed by atoms with Crippen LogP contribution in [0.25, 0.3) is 0 Å². The maximum absolute atomic E-state index is 11.5. The number of aliphatic hydroxyl groups is 1. The van der Waals surface area contributed by atoms with Gasteiger partial charge in [0.25, 0.3) is 0 Å². The van der Waals surface area contributed by atoms with E-state index in [4.69, 9.17) is 0 Å². The third-order valence-electron chi connectivity index (χ3n) is 11.4. The number of hydrogen-bond donors (Lipinski definition) is 4. The van der Waals surface area contributed by atoms with E-state index >= 15 is 0 Å². The average molecular weight is 477 g/mol. The third-order valence-corrected chi connectivity index (χ3v) is 11.4. The Kier molecular flexibility index (Phi) is 8.06. The van der Waals surface area contributed by atoms with Gasteiger partial charge in [-0.2, -0.15) is 0 Å². The minimum Gasteiger partial charge on any atom is -0.481 e. The number of fused-ring (bicyclic) bond motifs is 5. The highest BCUT2D eigenvalue weighted by Gasteiger charge is 2.62. The van der Waals surface area contributed by atoms with E-state index < -0.39 is 5.97 Å². The second-order valence-electron chi connectivity index (χ2n) is 13.5. The molecule has 5 nitrogen and oxygen atoms in total. The molecule has 0 radical (unpaired) electrons. The summed E-state index contributed by atoms with van der Waals surface area (Å²) >= 11 is 0. The number of aliphatic hydroxyl groups excluding tert-OH is 1. The normalized spacial score (nSPS) is 44.9. The second kappa shape index (κ2) is 10.4. The van der Waals surface area contributed by atoms with Crippen LogP contribution in [0.15, 0.2) is 0 Å². The highest BCUT2D eigenvalue weighted by atomic mass is 16.4. The van der Waals surface area contributed by atoms with Gasteiger partial charge in [0.1, 0.15) is 0 Å². The Labute approximate surface area is 208 Å². The van der Waals surface area contributed by atoms with Crippen molar-refractivity contribution in [2.45, 2.75) is 117 Å². The predicted octanol–water partition coefficient (Wildman–Crippen LogP) is 5.07. The molecule has 4 fully saturated rings. The van der Waals surface area contributed by atoms with Gasteiger partial charge in [-0.1, -0.05) is 34.6 Å². The first kappa shape index (κ1) is 26.4. The molecule has 4 aliphatic carbocycles. The summed E-state index contributed by atoms with van der Waals surface area (Å²) in [4.78, 5) is 11.2. The van der Waals surface area contributed by atoms with Crippen LogP contribution in [0.3, 0.4) is 0 Å². The summed E-state index contributed by atoms with van der Waals surface area (Å²) in [5.41, 5.74) is 0.592. The van der Waals surface area contributed by atoms with E-state index in [0.717, 1.165) is 38.3 Å². The van der Waals surface area contributed by atoms with Crippen molar-refractivity contribution >= 4 is 5.97 Å². The van der Waals surface area contributed by atoms with Gasteiger partial charge in [-0.15, -0.1) is 0 Å². The molecule has 0 aromatic rings. The molecular weight excluding hydrogens is 424 g/mol. The lowest BCUT2D eigenvalue weighted by Crippen LogP contribution is -2.59. The largest absolute Gasteiger partial charge is 0.481 e. The minimum absolute atomic E-state index is 0.171. The van der Waals surface area contributed by atoms with Gasteiger partial charge in [-0.05, 0) is 104 Å². The Morgan fingerprint density at radius 2 is 1.65 bits per heavy atom. The lowest BCUT2D eigenvalue weighted by atomic mass is 9.43. The van der Waals surface area contributed by atoms with Crippen molar-refractivity contribution < 1.29 is 15.0 Å². The highest BCUT2D eigenvalue weighted by molar-refractivity contribution is 5.66. The lowest BCUT2D eigenvalue weighted by molar-refractivity contribution is -0.162.